The Bertz CT molecular complexity index is 387. The molecule has 2 N–H and O–H groups in total. The first-order valence-corrected chi connectivity index (χ1v) is 6.35. The molecule has 1 aliphatic heterocycles. The molecule has 6 heteroatoms. The van der Waals surface area contributed by atoms with Gasteiger partial charge in [0.25, 0.3) is 0 Å². The van der Waals surface area contributed by atoms with Crippen LogP contribution in [0, 0.1) is 5.41 Å². The van der Waals surface area contributed by atoms with Crippen LogP contribution in [0.4, 0.5) is 0 Å². The van der Waals surface area contributed by atoms with E-state index in [2.05, 4.69) is 39.5 Å². The molecule has 108 valence electrons. The first kappa shape index (κ1) is 16.3. The summed E-state index contributed by atoms with van der Waals surface area (Å²) in [4.78, 5) is 4.21. The summed E-state index contributed by atoms with van der Waals surface area (Å²) in [6, 6.07) is 4.06. The van der Waals surface area contributed by atoms with Crippen molar-refractivity contribution < 1.29 is 4.74 Å². The fourth-order valence-electron chi connectivity index (χ4n) is 1.89. The number of hydrogen-bond acceptors (Lipinski definition) is 2. The number of guanidine groups is 1. The standard InChI is InChI=1S/C13H22N4O.HI/c1-13(10-18-11-13)9-16-12(14-2)15-5-8-17-6-3-4-7-17;/h3-4,6-7H,5,8-11H2,1-2H3,(H2,14,15,16);1H. The predicted octanol–water partition coefficient (Wildman–Crippen LogP) is 1.31. The Balaban J connectivity index is 0.00000180. The molecule has 0 radical (unpaired) electrons. The maximum atomic E-state index is 5.23. The molecule has 1 aliphatic rings. The second-order valence-corrected chi connectivity index (χ2v) is 5.08. The van der Waals surface area contributed by atoms with Crippen LogP contribution in [0.2, 0.25) is 0 Å². The van der Waals surface area contributed by atoms with E-state index in [0.29, 0.717) is 0 Å². The lowest BCUT2D eigenvalue weighted by molar-refractivity contribution is -0.0971. The number of nitrogens with zero attached hydrogens (tertiary/aromatic N) is 2. The van der Waals surface area contributed by atoms with E-state index in [-0.39, 0.29) is 29.4 Å². The van der Waals surface area contributed by atoms with E-state index in [1.807, 2.05) is 12.1 Å². The van der Waals surface area contributed by atoms with Gasteiger partial charge in [-0.2, -0.15) is 0 Å². The maximum absolute atomic E-state index is 5.23. The van der Waals surface area contributed by atoms with Crippen LogP contribution in [-0.2, 0) is 11.3 Å². The number of aliphatic imine (C=N–C) groups is 1. The van der Waals surface area contributed by atoms with Crippen molar-refractivity contribution in [3.63, 3.8) is 0 Å². The van der Waals surface area contributed by atoms with Gasteiger partial charge in [-0.25, -0.2) is 0 Å². The molecule has 0 bridgehead atoms. The molecule has 0 unspecified atom stereocenters. The minimum Gasteiger partial charge on any atom is -0.380 e. The van der Waals surface area contributed by atoms with Gasteiger partial charge >= 0.3 is 0 Å². The highest BCUT2D eigenvalue weighted by molar-refractivity contribution is 14.0. The Hall–Kier alpha value is -0.760. The van der Waals surface area contributed by atoms with Crippen LogP contribution in [0.5, 0.6) is 0 Å². The van der Waals surface area contributed by atoms with E-state index in [1.54, 1.807) is 7.05 Å². The summed E-state index contributed by atoms with van der Waals surface area (Å²) in [7, 11) is 1.80. The van der Waals surface area contributed by atoms with Crippen LogP contribution in [0.15, 0.2) is 29.5 Å². The normalized spacial score (nSPS) is 17.3. The summed E-state index contributed by atoms with van der Waals surface area (Å²) < 4.78 is 7.37. The molecular weight excluding hydrogens is 355 g/mol. The number of aromatic nitrogens is 1. The lowest BCUT2D eigenvalue weighted by Gasteiger charge is -2.38. The SMILES string of the molecule is CN=C(NCCn1cccc1)NCC1(C)COC1.I. The second kappa shape index (κ2) is 7.74. The van der Waals surface area contributed by atoms with Crippen molar-refractivity contribution in [2.45, 2.75) is 13.5 Å². The van der Waals surface area contributed by atoms with Gasteiger partial charge in [-0.05, 0) is 12.1 Å². The molecule has 5 nitrogen and oxygen atoms in total. The maximum Gasteiger partial charge on any atom is 0.191 e. The van der Waals surface area contributed by atoms with Crippen molar-refractivity contribution >= 4 is 29.9 Å². The quantitative estimate of drug-likeness (QED) is 0.462. The highest BCUT2D eigenvalue weighted by atomic mass is 127. The zero-order chi connectivity index (χ0) is 12.8. The lowest BCUT2D eigenvalue weighted by Crippen LogP contribution is -2.51. The molecule has 1 fully saturated rings. The van der Waals surface area contributed by atoms with E-state index in [1.165, 1.54) is 0 Å². The smallest absolute Gasteiger partial charge is 0.191 e. The number of hydrogen-bond donors (Lipinski definition) is 2. The highest BCUT2D eigenvalue weighted by Crippen LogP contribution is 2.24. The van der Waals surface area contributed by atoms with Crippen molar-refractivity contribution in [2.75, 3.05) is 33.4 Å². The summed E-state index contributed by atoms with van der Waals surface area (Å²) in [5.74, 6) is 0.857. The zero-order valence-corrected chi connectivity index (χ0v) is 13.9. The molecule has 1 saturated heterocycles. The lowest BCUT2D eigenvalue weighted by atomic mass is 9.89. The van der Waals surface area contributed by atoms with Crippen LogP contribution < -0.4 is 10.6 Å². The number of ether oxygens (including phenoxy) is 1. The molecule has 2 heterocycles. The summed E-state index contributed by atoms with van der Waals surface area (Å²) >= 11 is 0. The third-order valence-corrected chi connectivity index (χ3v) is 3.14. The molecule has 1 aromatic heterocycles. The molecule has 0 aliphatic carbocycles. The molecule has 0 saturated carbocycles. The number of nitrogens with one attached hydrogen (secondary N) is 2. The third-order valence-electron chi connectivity index (χ3n) is 3.14. The summed E-state index contributed by atoms with van der Waals surface area (Å²) in [5, 5.41) is 6.65. The average molecular weight is 378 g/mol. The summed E-state index contributed by atoms with van der Waals surface area (Å²) in [5.41, 5.74) is 0.262. The number of rotatable bonds is 5. The van der Waals surface area contributed by atoms with Crippen LogP contribution >= 0.6 is 24.0 Å². The minimum absolute atomic E-state index is 0. The Morgan fingerprint density at radius 3 is 2.53 bits per heavy atom. The first-order valence-electron chi connectivity index (χ1n) is 6.35. The molecule has 0 aromatic carbocycles. The predicted molar refractivity (Wildman–Crippen MR) is 88.1 cm³/mol. The minimum atomic E-state index is 0. The van der Waals surface area contributed by atoms with Crippen molar-refractivity contribution in [3.05, 3.63) is 24.5 Å². The molecule has 0 amide bonds. The fraction of sp³-hybridized carbons (Fsp3) is 0.615. The van der Waals surface area contributed by atoms with Gasteiger partial charge in [-0.3, -0.25) is 4.99 Å². The monoisotopic (exact) mass is 378 g/mol. The van der Waals surface area contributed by atoms with E-state index in [0.717, 1.165) is 38.8 Å². The van der Waals surface area contributed by atoms with Gasteiger partial charge in [0.1, 0.15) is 0 Å². The summed E-state index contributed by atoms with van der Waals surface area (Å²) in [6.07, 6.45) is 4.12. The molecule has 1 aromatic rings. The van der Waals surface area contributed by atoms with Crippen molar-refractivity contribution in [1.82, 2.24) is 15.2 Å². The second-order valence-electron chi connectivity index (χ2n) is 5.08. The van der Waals surface area contributed by atoms with Crippen LogP contribution in [0.1, 0.15) is 6.92 Å². The molecule has 2 rings (SSSR count). The first-order chi connectivity index (χ1) is 8.72. The Morgan fingerprint density at radius 1 is 1.32 bits per heavy atom. The van der Waals surface area contributed by atoms with Crippen molar-refractivity contribution in [3.8, 4) is 0 Å². The van der Waals surface area contributed by atoms with Gasteiger partial charge in [0.2, 0.25) is 0 Å². The van der Waals surface area contributed by atoms with E-state index >= 15 is 0 Å². The Labute approximate surface area is 131 Å². The van der Waals surface area contributed by atoms with Crippen molar-refractivity contribution in [2.24, 2.45) is 10.4 Å². The number of halogens is 1. The van der Waals surface area contributed by atoms with E-state index < -0.39 is 0 Å². The van der Waals surface area contributed by atoms with Gasteiger partial charge in [0.05, 0.1) is 13.2 Å². The van der Waals surface area contributed by atoms with Crippen LogP contribution in [0.25, 0.3) is 0 Å². The molecule has 0 spiro atoms. The fourth-order valence-corrected chi connectivity index (χ4v) is 1.89. The van der Waals surface area contributed by atoms with E-state index in [4.69, 9.17) is 4.74 Å². The molecule has 19 heavy (non-hydrogen) atoms. The average Bonchev–Trinajstić information content (AvgIpc) is 2.84. The largest absolute Gasteiger partial charge is 0.380 e. The van der Waals surface area contributed by atoms with Gasteiger partial charge in [-0.1, -0.05) is 6.92 Å². The van der Waals surface area contributed by atoms with Crippen molar-refractivity contribution in [1.29, 1.82) is 0 Å². The van der Waals surface area contributed by atoms with Gasteiger partial charge in [0.15, 0.2) is 5.96 Å². The topological polar surface area (TPSA) is 50.6 Å². The van der Waals surface area contributed by atoms with Crippen LogP contribution in [0.3, 0.4) is 0 Å². The Morgan fingerprint density at radius 2 is 2.00 bits per heavy atom. The van der Waals surface area contributed by atoms with Gasteiger partial charge < -0.3 is 19.9 Å². The van der Waals surface area contributed by atoms with E-state index in [9.17, 15) is 0 Å². The van der Waals surface area contributed by atoms with Crippen LogP contribution in [-0.4, -0.2) is 43.9 Å². The molecular formula is C13H23IN4O. The Kier molecular flexibility index (Phi) is 6.64. The summed E-state index contributed by atoms with van der Waals surface area (Å²) in [6.45, 7) is 6.59. The van der Waals surface area contributed by atoms with Gasteiger partial charge in [0, 0.05) is 44.5 Å². The zero-order valence-electron chi connectivity index (χ0n) is 11.6. The van der Waals surface area contributed by atoms with Gasteiger partial charge in [-0.15, -0.1) is 24.0 Å². The third kappa shape index (κ3) is 5.02. The highest BCUT2D eigenvalue weighted by Gasteiger charge is 2.33. The molecule has 0 atom stereocenters.